The van der Waals surface area contributed by atoms with E-state index < -0.39 is 5.56 Å². The first-order chi connectivity index (χ1) is 13.3. The Labute approximate surface area is 170 Å². The fourth-order valence-electron chi connectivity index (χ4n) is 3.09. The van der Waals surface area contributed by atoms with E-state index in [9.17, 15) is 9.90 Å². The molecular formula is C20H16Cl2N4O2. The quantitative estimate of drug-likeness (QED) is 0.518. The third-order valence-electron chi connectivity index (χ3n) is 4.52. The molecule has 0 fully saturated rings. The second-order valence-corrected chi connectivity index (χ2v) is 7.42. The molecule has 8 heteroatoms. The van der Waals surface area contributed by atoms with E-state index in [2.05, 4.69) is 10.1 Å². The number of nitrogens with zero attached hydrogens (tertiary/aromatic N) is 3. The van der Waals surface area contributed by atoms with Crippen molar-refractivity contribution in [3.8, 4) is 22.6 Å². The molecule has 2 heterocycles. The summed E-state index contributed by atoms with van der Waals surface area (Å²) in [7, 11) is 3.94. The van der Waals surface area contributed by atoms with Crippen molar-refractivity contribution in [2.24, 2.45) is 0 Å². The maximum atomic E-state index is 12.5. The molecule has 28 heavy (non-hydrogen) atoms. The summed E-state index contributed by atoms with van der Waals surface area (Å²) in [5.41, 5.74) is 2.63. The van der Waals surface area contributed by atoms with Crippen LogP contribution in [-0.4, -0.2) is 34.0 Å². The fraction of sp³-hybridized carbons (Fsp3) is 0.100. The van der Waals surface area contributed by atoms with E-state index >= 15 is 0 Å². The molecule has 0 aliphatic carbocycles. The molecule has 6 nitrogen and oxygen atoms in total. The van der Waals surface area contributed by atoms with E-state index in [4.69, 9.17) is 23.2 Å². The number of fused-ring (bicyclic) bond motifs is 1. The van der Waals surface area contributed by atoms with Crippen LogP contribution in [-0.2, 0) is 0 Å². The number of aromatic nitrogens is 3. The molecule has 0 aliphatic rings. The Kier molecular flexibility index (Phi) is 4.53. The zero-order valence-corrected chi connectivity index (χ0v) is 16.6. The number of hydrogen-bond acceptors (Lipinski definition) is 4. The SMILES string of the molecule is CN(C)c1ccc(-c2cc3c(O)c(-n4cc(Cl)cn4)c(=O)[nH]c3cc2Cl)cc1. The molecule has 0 radical (unpaired) electrons. The lowest BCUT2D eigenvalue weighted by atomic mass is 10.0. The molecule has 2 aromatic carbocycles. The number of halogens is 2. The van der Waals surface area contributed by atoms with E-state index in [1.54, 1.807) is 12.1 Å². The monoisotopic (exact) mass is 414 g/mol. The number of hydrogen-bond donors (Lipinski definition) is 2. The minimum atomic E-state index is -0.496. The van der Waals surface area contributed by atoms with Crippen molar-refractivity contribution < 1.29 is 5.11 Å². The first-order valence-corrected chi connectivity index (χ1v) is 9.17. The van der Waals surface area contributed by atoms with Crippen LogP contribution < -0.4 is 10.5 Å². The molecule has 0 amide bonds. The van der Waals surface area contributed by atoms with Gasteiger partial charge in [0.15, 0.2) is 11.4 Å². The van der Waals surface area contributed by atoms with Crippen molar-refractivity contribution >= 4 is 39.8 Å². The highest BCUT2D eigenvalue weighted by molar-refractivity contribution is 6.34. The molecule has 4 aromatic rings. The van der Waals surface area contributed by atoms with Gasteiger partial charge in [-0.05, 0) is 29.8 Å². The molecular weight excluding hydrogens is 399 g/mol. The third kappa shape index (κ3) is 3.10. The molecule has 0 atom stereocenters. The zero-order valence-electron chi connectivity index (χ0n) is 15.1. The van der Waals surface area contributed by atoms with E-state index in [1.807, 2.05) is 43.3 Å². The van der Waals surface area contributed by atoms with Gasteiger partial charge in [0, 0.05) is 36.9 Å². The number of anilines is 1. The summed E-state index contributed by atoms with van der Waals surface area (Å²) < 4.78 is 1.25. The summed E-state index contributed by atoms with van der Waals surface area (Å²) in [5, 5.41) is 16.1. The summed E-state index contributed by atoms with van der Waals surface area (Å²) in [4.78, 5) is 17.2. The average molecular weight is 415 g/mol. The standard InChI is InChI=1S/C20H16Cl2N4O2/c1-25(2)13-5-3-11(4-6-13)14-7-15-17(8-16(14)22)24-20(28)18(19(15)27)26-10-12(21)9-23-26/h3-10H,1-2H3,(H2,24,27,28). The van der Waals surface area contributed by atoms with Crippen LogP contribution in [0.3, 0.4) is 0 Å². The maximum absolute atomic E-state index is 12.5. The van der Waals surface area contributed by atoms with Gasteiger partial charge in [-0.2, -0.15) is 5.10 Å². The Bertz CT molecular complexity index is 1240. The minimum absolute atomic E-state index is 0.00405. The van der Waals surface area contributed by atoms with Crippen LogP contribution in [0.1, 0.15) is 0 Å². The van der Waals surface area contributed by atoms with Crippen LogP contribution in [0.2, 0.25) is 10.0 Å². The van der Waals surface area contributed by atoms with Crippen molar-refractivity contribution in [3.63, 3.8) is 0 Å². The summed E-state index contributed by atoms with van der Waals surface area (Å²) in [6, 6.07) is 11.3. The van der Waals surface area contributed by atoms with Gasteiger partial charge in [-0.15, -0.1) is 0 Å². The molecule has 0 bridgehead atoms. The van der Waals surface area contributed by atoms with Gasteiger partial charge >= 0.3 is 0 Å². The molecule has 2 aromatic heterocycles. The predicted molar refractivity (Wildman–Crippen MR) is 113 cm³/mol. The van der Waals surface area contributed by atoms with Gasteiger partial charge in [-0.3, -0.25) is 4.79 Å². The van der Waals surface area contributed by atoms with Crippen LogP contribution in [0, 0.1) is 0 Å². The topological polar surface area (TPSA) is 74.2 Å². The number of benzene rings is 2. The van der Waals surface area contributed by atoms with Gasteiger partial charge in [0.2, 0.25) is 0 Å². The van der Waals surface area contributed by atoms with Crippen molar-refractivity contribution in [3.05, 3.63) is 69.2 Å². The smallest absolute Gasteiger partial charge is 0.278 e. The van der Waals surface area contributed by atoms with E-state index in [-0.39, 0.29) is 11.4 Å². The maximum Gasteiger partial charge on any atom is 0.278 e. The highest BCUT2D eigenvalue weighted by atomic mass is 35.5. The summed E-state index contributed by atoms with van der Waals surface area (Å²) >= 11 is 12.4. The highest BCUT2D eigenvalue weighted by Crippen LogP contribution is 2.36. The number of aromatic hydroxyl groups is 1. The first-order valence-electron chi connectivity index (χ1n) is 8.42. The lowest BCUT2D eigenvalue weighted by Crippen LogP contribution is -2.15. The molecule has 142 valence electrons. The Morgan fingerprint density at radius 2 is 1.86 bits per heavy atom. The number of aromatic amines is 1. The number of pyridine rings is 1. The Balaban J connectivity index is 1.92. The summed E-state index contributed by atoms with van der Waals surface area (Å²) in [6.45, 7) is 0. The Hall–Kier alpha value is -2.96. The van der Waals surface area contributed by atoms with Gasteiger partial charge < -0.3 is 15.0 Å². The van der Waals surface area contributed by atoms with E-state index in [0.29, 0.717) is 20.9 Å². The molecule has 4 rings (SSSR count). The summed E-state index contributed by atoms with van der Waals surface area (Å²) in [5.74, 6) is -0.193. The highest BCUT2D eigenvalue weighted by Gasteiger charge is 2.17. The molecule has 2 N–H and O–H groups in total. The fourth-order valence-corrected chi connectivity index (χ4v) is 3.49. The normalized spacial score (nSPS) is 11.1. The van der Waals surface area contributed by atoms with Crippen LogP contribution in [0.4, 0.5) is 5.69 Å². The van der Waals surface area contributed by atoms with Crippen LogP contribution >= 0.6 is 23.2 Å². The number of nitrogens with one attached hydrogen (secondary N) is 1. The molecule has 0 spiro atoms. The van der Waals surface area contributed by atoms with Crippen molar-refractivity contribution in [1.82, 2.24) is 14.8 Å². The van der Waals surface area contributed by atoms with Crippen LogP contribution in [0.5, 0.6) is 5.75 Å². The summed E-state index contributed by atoms with van der Waals surface area (Å²) in [6.07, 6.45) is 2.85. The van der Waals surface area contributed by atoms with Crippen molar-refractivity contribution in [2.45, 2.75) is 0 Å². The Morgan fingerprint density at radius 1 is 1.14 bits per heavy atom. The average Bonchev–Trinajstić information content (AvgIpc) is 3.07. The predicted octanol–water partition coefficient (Wildman–Crippen LogP) is 4.46. The van der Waals surface area contributed by atoms with Crippen molar-refractivity contribution in [1.29, 1.82) is 0 Å². The third-order valence-corrected chi connectivity index (χ3v) is 5.03. The van der Waals surface area contributed by atoms with E-state index in [1.165, 1.54) is 17.1 Å². The molecule has 0 saturated carbocycles. The second-order valence-electron chi connectivity index (χ2n) is 6.57. The van der Waals surface area contributed by atoms with Crippen molar-refractivity contribution in [2.75, 3.05) is 19.0 Å². The Morgan fingerprint density at radius 3 is 2.46 bits per heavy atom. The minimum Gasteiger partial charge on any atom is -0.505 e. The van der Waals surface area contributed by atoms with E-state index in [0.717, 1.165) is 16.8 Å². The molecule has 0 aliphatic heterocycles. The number of rotatable bonds is 3. The lowest BCUT2D eigenvalue weighted by molar-refractivity contribution is 0.475. The molecule has 0 unspecified atom stereocenters. The van der Waals surface area contributed by atoms with Gasteiger partial charge in [0.25, 0.3) is 5.56 Å². The lowest BCUT2D eigenvalue weighted by Gasteiger charge is -2.14. The van der Waals surface area contributed by atoms with Crippen LogP contribution in [0.25, 0.3) is 27.7 Å². The van der Waals surface area contributed by atoms with Gasteiger partial charge in [0.05, 0.1) is 21.8 Å². The van der Waals surface area contributed by atoms with Gasteiger partial charge in [-0.25, -0.2) is 4.68 Å². The zero-order chi connectivity index (χ0) is 20.0. The number of H-pyrrole nitrogens is 1. The van der Waals surface area contributed by atoms with Crippen LogP contribution in [0.15, 0.2) is 53.6 Å². The van der Waals surface area contributed by atoms with Gasteiger partial charge in [0.1, 0.15) is 0 Å². The first kappa shape index (κ1) is 18.4. The second kappa shape index (κ2) is 6.89. The molecule has 0 saturated heterocycles. The van der Waals surface area contributed by atoms with Gasteiger partial charge in [-0.1, -0.05) is 35.3 Å². The largest absolute Gasteiger partial charge is 0.505 e.